The zero-order chi connectivity index (χ0) is 14.5. The minimum atomic E-state index is -1.06. The van der Waals surface area contributed by atoms with E-state index in [2.05, 4.69) is 24.3 Å². The molecule has 1 aromatic carbocycles. The van der Waals surface area contributed by atoms with Crippen molar-refractivity contribution in [1.82, 2.24) is 0 Å². The molecule has 1 saturated carbocycles. The lowest BCUT2D eigenvalue weighted by molar-refractivity contribution is -0.448. The lowest BCUT2D eigenvalue weighted by Gasteiger charge is -2.60. The molecule has 0 aromatic heterocycles. The Balaban J connectivity index is 1.90. The van der Waals surface area contributed by atoms with Crippen LogP contribution in [0.3, 0.4) is 0 Å². The fraction of sp³-hybridized carbons (Fsp3) is 0.611. The standard InChI is InChI=1S/C18H22O3/c1-13-20-18(12-19,21-13)17-11-5-4-7-15(17)10-9-14-6-2-3-8-16(14)17/h2-3,6,8,12-13,15H,4-5,7,9-11H2,1H3/t13?,15?,17-,18?/m1/s1. The second-order valence-electron chi connectivity index (χ2n) is 6.70. The summed E-state index contributed by atoms with van der Waals surface area (Å²) in [7, 11) is 0. The molecule has 0 radical (unpaired) electrons. The van der Waals surface area contributed by atoms with Gasteiger partial charge in [0.25, 0.3) is 0 Å². The average molecular weight is 286 g/mol. The maximum Gasteiger partial charge on any atom is 0.240 e. The zero-order valence-corrected chi connectivity index (χ0v) is 12.5. The summed E-state index contributed by atoms with van der Waals surface area (Å²) in [5.41, 5.74) is 2.37. The molecular weight excluding hydrogens is 264 g/mol. The van der Waals surface area contributed by atoms with E-state index in [9.17, 15) is 4.79 Å². The lowest BCUT2D eigenvalue weighted by Crippen LogP contribution is -2.70. The third-order valence-corrected chi connectivity index (χ3v) is 5.79. The van der Waals surface area contributed by atoms with Gasteiger partial charge in [-0.25, -0.2) is 0 Å². The Labute approximate surface area is 125 Å². The van der Waals surface area contributed by atoms with E-state index in [1.54, 1.807) is 0 Å². The van der Waals surface area contributed by atoms with Crippen molar-refractivity contribution in [2.75, 3.05) is 0 Å². The van der Waals surface area contributed by atoms with Crippen LogP contribution in [0, 0.1) is 5.92 Å². The number of hydrogen-bond acceptors (Lipinski definition) is 3. The molecule has 112 valence electrons. The summed E-state index contributed by atoms with van der Waals surface area (Å²) in [6.07, 6.45) is 7.43. The summed E-state index contributed by atoms with van der Waals surface area (Å²) in [5.74, 6) is -0.576. The molecule has 1 aromatic rings. The molecular formula is C18H22O3. The number of aryl methyl sites for hydroxylation is 1. The first kappa shape index (κ1) is 13.5. The molecule has 0 N–H and O–H groups in total. The highest BCUT2D eigenvalue weighted by atomic mass is 16.9. The molecule has 2 fully saturated rings. The van der Waals surface area contributed by atoms with E-state index in [0.717, 1.165) is 32.0 Å². The molecule has 3 nitrogen and oxygen atoms in total. The molecule has 3 aliphatic rings. The average Bonchev–Trinajstić information content (AvgIpc) is 2.51. The third-order valence-electron chi connectivity index (χ3n) is 5.79. The second kappa shape index (κ2) is 4.65. The molecule has 1 saturated heterocycles. The second-order valence-corrected chi connectivity index (χ2v) is 6.70. The van der Waals surface area contributed by atoms with Crippen molar-refractivity contribution >= 4 is 6.29 Å². The number of rotatable bonds is 2. The van der Waals surface area contributed by atoms with Crippen LogP contribution in [-0.2, 0) is 26.1 Å². The topological polar surface area (TPSA) is 35.5 Å². The molecule has 1 unspecified atom stereocenters. The molecule has 1 aliphatic heterocycles. The lowest BCUT2D eigenvalue weighted by atomic mass is 9.53. The van der Waals surface area contributed by atoms with Crippen molar-refractivity contribution in [3.63, 3.8) is 0 Å². The van der Waals surface area contributed by atoms with Gasteiger partial charge in [-0.15, -0.1) is 0 Å². The van der Waals surface area contributed by atoms with Crippen LogP contribution in [0.5, 0.6) is 0 Å². The SMILES string of the molecule is CC1OC(C=O)([C@]23CCCCC2CCc2ccccc23)O1. The molecule has 4 rings (SSSR count). The number of carbonyl (C=O) groups is 1. The van der Waals surface area contributed by atoms with Crippen LogP contribution >= 0.6 is 0 Å². The van der Waals surface area contributed by atoms with Gasteiger partial charge in [-0.05, 0) is 49.7 Å². The highest BCUT2D eigenvalue weighted by Crippen LogP contribution is 2.59. The van der Waals surface area contributed by atoms with Crippen LogP contribution < -0.4 is 0 Å². The Morgan fingerprint density at radius 3 is 2.76 bits per heavy atom. The number of hydrogen-bond donors (Lipinski definition) is 0. The van der Waals surface area contributed by atoms with E-state index in [0.29, 0.717) is 5.92 Å². The Kier molecular flexibility index (Phi) is 2.98. The molecule has 0 amide bonds. The van der Waals surface area contributed by atoms with Crippen molar-refractivity contribution in [3.05, 3.63) is 35.4 Å². The predicted octanol–water partition coefficient (Wildman–Crippen LogP) is 3.35. The molecule has 1 heterocycles. The molecule has 2 aliphatic carbocycles. The van der Waals surface area contributed by atoms with Crippen molar-refractivity contribution < 1.29 is 14.3 Å². The van der Waals surface area contributed by atoms with Crippen LogP contribution in [0.25, 0.3) is 0 Å². The molecule has 0 spiro atoms. The summed E-state index contributed by atoms with van der Waals surface area (Å²) in [6, 6.07) is 8.56. The third kappa shape index (κ3) is 1.65. The largest absolute Gasteiger partial charge is 0.313 e. The summed E-state index contributed by atoms with van der Waals surface area (Å²) in [6.45, 7) is 1.87. The predicted molar refractivity (Wildman–Crippen MR) is 78.8 cm³/mol. The highest BCUT2D eigenvalue weighted by molar-refractivity contribution is 5.67. The molecule has 2 atom stereocenters. The van der Waals surface area contributed by atoms with E-state index in [4.69, 9.17) is 9.47 Å². The number of aldehydes is 1. The summed E-state index contributed by atoms with van der Waals surface area (Å²) in [5, 5.41) is 0. The van der Waals surface area contributed by atoms with E-state index >= 15 is 0 Å². The fourth-order valence-electron chi connectivity index (χ4n) is 5.01. The Morgan fingerprint density at radius 2 is 2.00 bits per heavy atom. The van der Waals surface area contributed by atoms with Gasteiger partial charge in [-0.1, -0.05) is 37.1 Å². The minimum Gasteiger partial charge on any atom is -0.313 e. The van der Waals surface area contributed by atoms with Crippen LogP contribution in [0.4, 0.5) is 0 Å². The Hall–Kier alpha value is -1.19. The van der Waals surface area contributed by atoms with Crippen LogP contribution in [0.1, 0.15) is 50.2 Å². The first-order chi connectivity index (χ1) is 10.2. The van der Waals surface area contributed by atoms with Gasteiger partial charge in [0.2, 0.25) is 5.79 Å². The quantitative estimate of drug-likeness (QED) is 0.782. The van der Waals surface area contributed by atoms with Crippen molar-refractivity contribution in [2.24, 2.45) is 5.92 Å². The normalized spacial score (nSPS) is 41.6. The van der Waals surface area contributed by atoms with E-state index < -0.39 is 5.79 Å². The Bertz CT molecular complexity index is 561. The monoisotopic (exact) mass is 286 g/mol. The zero-order valence-electron chi connectivity index (χ0n) is 12.5. The van der Waals surface area contributed by atoms with Gasteiger partial charge in [-0.3, -0.25) is 4.79 Å². The van der Waals surface area contributed by atoms with Crippen molar-refractivity contribution in [2.45, 2.75) is 62.9 Å². The van der Waals surface area contributed by atoms with Gasteiger partial charge in [-0.2, -0.15) is 0 Å². The molecule has 21 heavy (non-hydrogen) atoms. The van der Waals surface area contributed by atoms with Crippen LogP contribution in [-0.4, -0.2) is 18.4 Å². The number of ether oxygens (including phenoxy) is 2. The van der Waals surface area contributed by atoms with Crippen molar-refractivity contribution in [1.29, 1.82) is 0 Å². The van der Waals surface area contributed by atoms with Gasteiger partial charge in [0, 0.05) is 0 Å². The van der Waals surface area contributed by atoms with E-state index in [1.165, 1.54) is 24.0 Å². The molecule has 3 heteroatoms. The van der Waals surface area contributed by atoms with Crippen molar-refractivity contribution in [3.8, 4) is 0 Å². The minimum absolute atomic E-state index is 0.277. The van der Waals surface area contributed by atoms with Gasteiger partial charge in [0.05, 0.1) is 5.41 Å². The van der Waals surface area contributed by atoms with Crippen LogP contribution in [0.15, 0.2) is 24.3 Å². The number of benzene rings is 1. The smallest absolute Gasteiger partial charge is 0.240 e. The molecule has 0 bridgehead atoms. The van der Waals surface area contributed by atoms with E-state index in [-0.39, 0.29) is 11.7 Å². The van der Waals surface area contributed by atoms with Gasteiger partial charge < -0.3 is 9.47 Å². The highest BCUT2D eigenvalue weighted by Gasteiger charge is 2.66. The van der Waals surface area contributed by atoms with E-state index in [1.807, 2.05) is 6.92 Å². The fourth-order valence-corrected chi connectivity index (χ4v) is 5.01. The number of carbonyl (C=O) groups excluding carboxylic acids is 1. The summed E-state index contributed by atoms with van der Waals surface area (Å²) in [4.78, 5) is 12.0. The summed E-state index contributed by atoms with van der Waals surface area (Å²) < 4.78 is 11.9. The van der Waals surface area contributed by atoms with Gasteiger partial charge in [0.15, 0.2) is 12.6 Å². The summed E-state index contributed by atoms with van der Waals surface area (Å²) >= 11 is 0. The van der Waals surface area contributed by atoms with Gasteiger partial charge >= 0.3 is 0 Å². The van der Waals surface area contributed by atoms with Gasteiger partial charge in [0.1, 0.15) is 0 Å². The first-order valence-corrected chi connectivity index (χ1v) is 8.12. The number of fused-ring (bicyclic) bond motifs is 3. The van der Waals surface area contributed by atoms with Crippen LogP contribution in [0.2, 0.25) is 0 Å². The maximum absolute atomic E-state index is 12.0. The first-order valence-electron chi connectivity index (χ1n) is 8.12. The Morgan fingerprint density at radius 1 is 1.19 bits per heavy atom. The maximum atomic E-state index is 12.0.